The zero-order chi connectivity index (χ0) is 12.3. The Bertz CT molecular complexity index is 515. The second-order valence-electron chi connectivity index (χ2n) is 3.07. The highest BCUT2D eigenvalue weighted by Gasteiger charge is 2.12. The molecule has 0 saturated carbocycles. The molecule has 7 heteroatoms. The van der Waals surface area contributed by atoms with Crippen molar-refractivity contribution in [2.45, 2.75) is 20.1 Å². The predicted molar refractivity (Wildman–Crippen MR) is 70.1 cm³/mol. The second kappa shape index (κ2) is 5.81. The minimum atomic E-state index is -0.265. The Hall–Kier alpha value is -0.630. The van der Waals surface area contributed by atoms with Crippen LogP contribution in [0.25, 0.3) is 0 Å². The van der Waals surface area contributed by atoms with Crippen LogP contribution in [0.3, 0.4) is 0 Å². The van der Waals surface area contributed by atoms with Crippen molar-refractivity contribution in [2.24, 2.45) is 5.73 Å². The summed E-state index contributed by atoms with van der Waals surface area (Å²) in [6, 6.07) is 4.91. The summed E-state index contributed by atoms with van der Waals surface area (Å²) in [7, 11) is 0. The van der Waals surface area contributed by atoms with Gasteiger partial charge in [-0.2, -0.15) is 0 Å². The normalized spacial score (nSPS) is 10.8. The van der Waals surface area contributed by atoms with E-state index in [1.54, 1.807) is 6.07 Å². The van der Waals surface area contributed by atoms with E-state index in [1.807, 2.05) is 12.3 Å². The van der Waals surface area contributed by atoms with E-state index in [9.17, 15) is 4.39 Å². The van der Waals surface area contributed by atoms with Gasteiger partial charge in [-0.1, -0.05) is 47.0 Å². The third-order valence-electron chi connectivity index (χ3n) is 2.02. The van der Waals surface area contributed by atoms with Gasteiger partial charge in [0.25, 0.3) is 0 Å². The first-order valence-electron chi connectivity index (χ1n) is 4.77. The highest BCUT2D eigenvalue weighted by molar-refractivity contribution is 8.03. The molecule has 0 fully saturated rings. The van der Waals surface area contributed by atoms with E-state index in [0.717, 1.165) is 14.2 Å². The smallest absolute Gasteiger partial charge is 0.179 e. The zero-order valence-corrected chi connectivity index (χ0v) is 11.5. The quantitative estimate of drug-likeness (QED) is 0.876. The summed E-state index contributed by atoms with van der Waals surface area (Å²) >= 11 is 4.26. The van der Waals surface area contributed by atoms with Crippen molar-refractivity contribution < 1.29 is 4.39 Å². The van der Waals surface area contributed by atoms with Gasteiger partial charge >= 0.3 is 0 Å². The Labute approximate surface area is 111 Å². The van der Waals surface area contributed by atoms with Gasteiger partial charge in [-0.3, -0.25) is 0 Å². The Balaban J connectivity index is 2.28. The number of hydrogen-bond acceptors (Lipinski definition) is 6. The lowest BCUT2D eigenvalue weighted by atomic mass is 10.2. The number of thioether (sulfide) groups is 1. The molecule has 17 heavy (non-hydrogen) atoms. The molecule has 0 aliphatic heterocycles. The van der Waals surface area contributed by atoms with E-state index in [1.165, 1.54) is 40.9 Å². The molecule has 0 aliphatic carbocycles. The van der Waals surface area contributed by atoms with Crippen LogP contribution in [-0.2, 0) is 6.54 Å². The van der Waals surface area contributed by atoms with Gasteiger partial charge in [0.05, 0.1) is 4.90 Å². The van der Waals surface area contributed by atoms with Crippen molar-refractivity contribution in [1.82, 2.24) is 10.2 Å². The molecule has 0 atom stereocenters. The summed E-state index contributed by atoms with van der Waals surface area (Å²) in [6.45, 7) is 0.314. The van der Waals surface area contributed by atoms with Crippen molar-refractivity contribution in [2.75, 3.05) is 6.26 Å². The van der Waals surface area contributed by atoms with Crippen LogP contribution in [0.5, 0.6) is 0 Å². The van der Waals surface area contributed by atoms with Crippen LogP contribution >= 0.6 is 34.9 Å². The molecular weight excluding hydrogens is 277 g/mol. The lowest BCUT2D eigenvalue weighted by Crippen LogP contribution is -1.99. The van der Waals surface area contributed by atoms with Crippen molar-refractivity contribution >= 4 is 34.9 Å². The van der Waals surface area contributed by atoms with Crippen LogP contribution in [0.1, 0.15) is 5.56 Å². The van der Waals surface area contributed by atoms with Gasteiger partial charge in [0.15, 0.2) is 8.68 Å². The fraction of sp³-hybridized carbons (Fsp3) is 0.200. The fourth-order valence-corrected chi connectivity index (χ4v) is 3.76. The molecule has 0 unspecified atom stereocenters. The molecule has 0 spiro atoms. The lowest BCUT2D eigenvalue weighted by Gasteiger charge is -2.05. The van der Waals surface area contributed by atoms with Crippen molar-refractivity contribution in [1.29, 1.82) is 0 Å². The molecule has 0 amide bonds. The Morgan fingerprint density at radius 3 is 2.76 bits per heavy atom. The Morgan fingerprint density at radius 1 is 1.35 bits per heavy atom. The molecule has 3 nitrogen and oxygen atoms in total. The average molecular weight is 287 g/mol. The molecule has 1 aromatic heterocycles. The molecular formula is C10H10FN3S3. The molecule has 0 radical (unpaired) electrons. The first kappa shape index (κ1) is 12.8. The predicted octanol–water partition coefficient (Wildman–Crippen LogP) is 3.01. The van der Waals surface area contributed by atoms with Crippen molar-refractivity contribution in [3.05, 3.63) is 29.6 Å². The monoisotopic (exact) mass is 287 g/mol. The maximum Gasteiger partial charge on any atom is 0.179 e. The Kier molecular flexibility index (Phi) is 4.38. The van der Waals surface area contributed by atoms with E-state index in [4.69, 9.17) is 5.73 Å². The van der Waals surface area contributed by atoms with Crippen LogP contribution in [0.15, 0.2) is 31.8 Å². The highest BCUT2D eigenvalue weighted by Crippen LogP contribution is 2.35. The van der Waals surface area contributed by atoms with Gasteiger partial charge in [0, 0.05) is 6.54 Å². The average Bonchev–Trinajstić information content (AvgIpc) is 2.79. The van der Waals surface area contributed by atoms with Crippen LogP contribution in [0, 0.1) is 5.82 Å². The fourth-order valence-electron chi connectivity index (χ4n) is 1.24. The first-order chi connectivity index (χ1) is 8.24. The van der Waals surface area contributed by atoms with Crippen molar-refractivity contribution in [3.63, 3.8) is 0 Å². The molecule has 0 saturated heterocycles. The summed E-state index contributed by atoms with van der Waals surface area (Å²) in [5.41, 5.74) is 6.38. The maximum absolute atomic E-state index is 13.7. The molecule has 0 aliphatic rings. The molecule has 1 aromatic carbocycles. The molecule has 2 aromatic rings. The number of benzene rings is 1. The van der Waals surface area contributed by atoms with Crippen molar-refractivity contribution in [3.8, 4) is 0 Å². The number of aromatic nitrogens is 2. The number of halogens is 1. The second-order valence-corrected chi connectivity index (χ2v) is 6.36. The van der Waals surface area contributed by atoms with Gasteiger partial charge in [0.2, 0.25) is 0 Å². The van der Waals surface area contributed by atoms with Crippen LogP contribution < -0.4 is 5.73 Å². The van der Waals surface area contributed by atoms with E-state index in [2.05, 4.69) is 10.2 Å². The maximum atomic E-state index is 13.7. The summed E-state index contributed by atoms with van der Waals surface area (Å²) in [6.07, 6.45) is 1.93. The zero-order valence-electron chi connectivity index (χ0n) is 9.01. The first-order valence-corrected chi connectivity index (χ1v) is 7.63. The number of hydrogen-bond donors (Lipinski definition) is 1. The van der Waals surface area contributed by atoms with E-state index >= 15 is 0 Å². The summed E-state index contributed by atoms with van der Waals surface area (Å²) in [5.74, 6) is -0.265. The van der Waals surface area contributed by atoms with Gasteiger partial charge in [-0.25, -0.2) is 4.39 Å². The molecule has 2 N–H and O–H groups in total. The minimum Gasteiger partial charge on any atom is -0.326 e. The van der Waals surface area contributed by atoms with Crippen LogP contribution in [0.2, 0.25) is 0 Å². The molecule has 90 valence electrons. The third-order valence-corrected chi connectivity index (χ3v) is 5.13. The summed E-state index contributed by atoms with van der Waals surface area (Å²) < 4.78 is 15.3. The Morgan fingerprint density at radius 2 is 2.12 bits per heavy atom. The van der Waals surface area contributed by atoms with Gasteiger partial charge < -0.3 is 5.73 Å². The third kappa shape index (κ3) is 2.98. The summed E-state index contributed by atoms with van der Waals surface area (Å²) in [4.78, 5) is 0.541. The summed E-state index contributed by atoms with van der Waals surface area (Å²) in [5, 5.41) is 7.97. The van der Waals surface area contributed by atoms with E-state index < -0.39 is 0 Å². The highest BCUT2D eigenvalue weighted by atomic mass is 32.2. The standard InChI is InChI=1S/C10H10FN3S3/c1-15-9-13-14-10(17-9)16-8-6(5-12)3-2-4-7(8)11/h2-4H,5,12H2,1H3. The molecule has 1 heterocycles. The van der Waals surface area contributed by atoms with E-state index in [-0.39, 0.29) is 5.82 Å². The van der Waals surface area contributed by atoms with Gasteiger partial charge in [-0.15, -0.1) is 10.2 Å². The van der Waals surface area contributed by atoms with E-state index in [0.29, 0.717) is 11.4 Å². The van der Waals surface area contributed by atoms with Gasteiger partial charge in [-0.05, 0) is 17.9 Å². The van der Waals surface area contributed by atoms with Gasteiger partial charge in [0.1, 0.15) is 5.82 Å². The number of nitrogens with zero attached hydrogens (tertiary/aromatic N) is 2. The number of nitrogens with two attached hydrogens (primary N) is 1. The minimum absolute atomic E-state index is 0.265. The molecule has 2 rings (SSSR count). The topological polar surface area (TPSA) is 51.8 Å². The number of rotatable bonds is 4. The SMILES string of the molecule is CSc1nnc(Sc2c(F)cccc2CN)s1. The van der Waals surface area contributed by atoms with Crippen LogP contribution in [0.4, 0.5) is 4.39 Å². The molecule has 0 bridgehead atoms. The lowest BCUT2D eigenvalue weighted by molar-refractivity contribution is 0.597. The van der Waals surface area contributed by atoms with Crippen LogP contribution in [-0.4, -0.2) is 16.5 Å². The largest absolute Gasteiger partial charge is 0.326 e.